The highest BCUT2D eigenvalue weighted by Gasteiger charge is 2.20. The Morgan fingerprint density at radius 3 is 2.71 bits per heavy atom. The van der Waals surface area contributed by atoms with E-state index in [1.807, 2.05) is 20.8 Å². The van der Waals surface area contributed by atoms with Gasteiger partial charge in [0.05, 0.1) is 6.54 Å². The van der Waals surface area contributed by atoms with Crippen LogP contribution in [0.1, 0.15) is 26.6 Å². The molecule has 98 valence electrons. The molecule has 17 heavy (non-hydrogen) atoms. The van der Waals surface area contributed by atoms with Crippen molar-refractivity contribution >= 4 is 10.2 Å². The molecule has 0 atom stereocenters. The van der Waals surface area contributed by atoms with Crippen LogP contribution in [0.4, 0.5) is 0 Å². The minimum Gasteiger partial charge on any atom is -0.317 e. The summed E-state index contributed by atoms with van der Waals surface area (Å²) in [6, 6.07) is -0.0865. The second kappa shape index (κ2) is 5.56. The fourth-order valence-corrected chi connectivity index (χ4v) is 2.29. The maximum Gasteiger partial charge on any atom is 0.279 e. The summed E-state index contributed by atoms with van der Waals surface area (Å²) in [4.78, 5) is 0. The zero-order valence-electron chi connectivity index (χ0n) is 10.6. The predicted molar refractivity (Wildman–Crippen MR) is 64.4 cm³/mol. The molecule has 0 aromatic carbocycles. The molecule has 7 nitrogen and oxygen atoms in total. The number of nitrogens with zero attached hydrogens (tertiary/aromatic N) is 4. The van der Waals surface area contributed by atoms with Crippen LogP contribution >= 0.6 is 0 Å². The molecular weight excluding hydrogens is 242 g/mol. The van der Waals surface area contributed by atoms with E-state index in [-0.39, 0.29) is 12.6 Å². The Morgan fingerprint density at radius 1 is 1.53 bits per heavy atom. The first-order valence-corrected chi connectivity index (χ1v) is 6.91. The van der Waals surface area contributed by atoms with Crippen molar-refractivity contribution in [2.75, 3.05) is 7.05 Å². The predicted octanol–water partition coefficient (Wildman–Crippen LogP) is -0.0274. The number of aryl methyl sites for hydroxylation is 1. The molecule has 8 heteroatoms. The third-order valence-electron chi connectivity index (χ3n) is 2.56. The van der Waals surface area contributed by atoms with E-state index in [4.69, 9.17) is 0 Å². The van der Waals surface area contributed by atoms with Crippen molar-refractivity contribution in [3.63, 3.8) is 0 Å². The molecule has 0 amide bonds. The topological polar surface area (TPSA) is 80.1 Å². The number of hydrogen-bond acceptors (Lipinski definition) is 4. The highest BCUT2D eigenvalue weighted by molar-refractivity contribution is 7.87. The third-order valence-corrected chi connectivity index (χ3v) is 4.24. The van der Waals surface area contributed by atoms with Gasteiger partial charge in [0.1, 0.15) is 12.2 Å². The molecule has 1 aromatic heterocycles. The van der Waals surface area contributed by atoms with E-state index in [1.54, 1.807) is 10.9 Å². The molecule has 1 rings (SSSR count). The molecule has 0 bridgehead atoms. The average molecular weight is 261 g/mol. The van der Waals surface area contributed by atoms with Crippen LogP contribution in [0.3, 0.4) is 0 Å². The average Bonchev–Trinajstić information content (AvgIpc) is 2.72. The molecule has 0 aliphatic carbocycles. The lowest BCUT2D eigenvalue weighted by Gasteiger charge is -2.21. The Hall–Kier alpha value is -0.990. The normalized spacial score (nSPS) is 12.6. The maximum absolute atomic E-state index is 11.8. The van der Waals surface area contributed by atoms with Crippen molar-refractivity contribution < 1.29 is 8.42 Å². The number of rotatable bonds is 6. The molecule has 0 aliphatic rings. The van der Waals surface area contributed by atoms with E-state index in [1.165, 1.54) is 11.4 Å². The van der Waals surface area contributed by atoms with Crippen LogP contribution in [0.2, 0.25) is 0 Å². The second-order valence-electron chi connectivity index (χ2n) is 3.97. The molecule has 0 aliphatic heterocycles. The molecule has 1 heterocycles. The van der Waals surface area contributed by atoms with Gasteiger partial charge in [-0.1, -0.05) is 0 Å². The molecule has 0 saturated heterocycles. The van der Waals surface area contributed by atoms with Crippen molar-refractivity contribution in [1.29, 1.82) is 0 Å². The van der Waals surface area contributed by atoms with Crippen LogP contribution in [0.5, 0.6) is 0 Å². The molecule has 0 saturated carbocycles. The van der Waals surface area contributed by atoms with Gasteiger partial charge in [0.2, 0.25) is 0 Å². The van der Waals surface area contributed by atoms with Gasteiger partial charge < -0.3 is 4.57 Å². The van der Waals surface area contributed by atoms with Crippen LogP contribution in [0.25, 0.3) is 0 Å². The van der Waals surface area contributed by atoms with Crippen molar-refractivity contribution in [3.8, 4) is 0 Å². The second-order valence-corrected chi connectivity index (χ2v) is 5.78. The lowest BCUT2D eigenvalue weighted by atomic mass is 10.4. The number of nitrogens with one attached hydrogen (secondary N) is 1. The monoisotopic (exact) mass is 261 g/mol. The van der Waals surface area contributed by atoms with E-state index in [0.717, 1.165) is 0 Å². The summed E-state index contributed by atoms with van der Waals surface area (Å²) in [5, 5.41) is 7.60. The quantitative estimate of drug-likeness (QED) is 0.780. The molecule has 1 aromatic rings. The van der Waals surface area contributed by atoms with Gasteiger partial charge in [-0.3, -0.25) is 0 Å². The molecule has 0 radical (unpaired) electrons. The Labute approximate surface area is 102 Å². The minimum atomic E-state index is -3.46. The van der Waals surface area contributed by atoms with Crippen molar-refractivity contribution in [2.24, 2.45) is 0 Å². The van der Waals surface area contributed by atoms with Gasteiger partial charge in [0.25, 0.3) is 10.2 Å². The molecule has 0 unspecified atom stereocenters. The van der Waals surface area contributed by atoms with Crippen LogP contribution < -0.4 is 4.72 Å². The maximum atomic E-state index is 11.8. The fourth-order valence-electron chi connectivity index (χ4n) is 1.22. The lowest BCUT2D eigenvalue weighted by molar-refractivity contribution is 0.401. The Kier molecular flexibility index (Phi) is 4.61. The largest absolute Gasteiger partial charge is 0.317 e. The summed E-state index contributed by atoms with van der Waals surface area (Å²) < 4.78 is 29.2. The van der Waals surface area contributed by atoms with E-state index in [9.17, 15) is 8.42 Å². The van der Waals surface area contributed by atoms with Crippen LogP contribution in [0.15, 0.2) is 6.33 Å². The van der Waals surface area contributed by atoms with Gasteiger partial charge >= 0.3 is 0 Å². The zero-order valence-corrected chi connectivity index (χ0v) is 11.4. The van der Waals surface area contributed by atoms with Gasteiger partial charge in [0.15, 0.2) is 0 Å². The van der Waals surface area contributed by atoms with Crippen LogP contribution in [0, 0.1) is 0 Å². The van der Waals surface area contributed by atoms with Gasteiger partial charge in [-0.25, -0.2) is 0 Å². The summed E-state index contributed by atoms with van der Waals surface area (Å²) in [6.45, 7) is 6.43. The lowest BCUT2D eigenvalue weighted by Crippen LogP contribution is -2.41. The van der Waals surface area contributed by atoms with E-state index in [2.05, 4.69) is 14.9 Å². The van der Waals surface area contributed by atoms with Crippen molar-refractivity contribution in [1.82, 2.24) is 23.8 Å². The van der Waals surface area contributed by atoms with Gasteiger partial charge in [-0.05, 0) is 20.8 Å². The number of hydrogen-bond donors (Lipinski definition) is 1. The minimum absolute atomic E-state index is 0.0865. The molecule has 1 N–H and O–H groups in total. The van der Waals surface area contributed by atoms with Gasteiger partial charge in [-0.15, -0.1) is 10.2 Å². The van der Waals surface area contributed by atoms with Crippen molar-refractivity contribution in [3.05, 3.63) is 12.2 Å². The first-order valence-electron chi connectivity index (χ1n) is 5.47. The van der Waals surface area contributed by atoms with Crippen molar-refractivity contribution in [2.45, 2.75) is 39.9 Å². The first kappa shape index (κ1) is 14.1. The summed E-state index contributed by atoms with van der Waals surface area (Å²) in [5.74, 6) is 0.605. The van der Waals surface area contributed by atoms with Gasteiger partial charge in [-0.2, -0.15) is 17.4 Å². The molecular formula is C9H19N5O2S. The Bertz CT molecular complexity index is 454. The summed E-state index contributed by atoms with van der Waals surface area (Å²) in [7, 11) is -1.92. The first-order chi connectivity index (χ1) is 7.88. The third kappa shape index (κ3) is 3.48. The molecule has 0 fully saturated rings. The zero-order chi connectivity index (χ0) is 13.1. The van der Waals surface area contributed by atoms with Crippen LogP contribution in [-0.4, -0.2) is 40.6 Å². The Morgan fingerprint density at radius 2 is 2.18 bits per heavy atom. The van der Waals surface area contributed by atoms with E-state index >= 15 is 0 Å². The number of aromatic nitrogens is 3. The van der Waals surface area contributed by atoms with Crippen LogP contribution in [-0.2, 0) is 23.3 Å². The van der Waals surface area contributed by atoms with E-state index in [0.29, 0.717) is 12.4 Å². The summed E-state index contributed by atoms with van der Waals surface area (Å²) in [6.07, 6.45) is 1.58. The van der Waals surface area contributed by atoms with Gasteiger partial charge in [0, 0.05) is 19.6 Å². The van der Waals surface area contributed by atoms with E-state index < -0.39 is 10.2 Å². The molecule has 0 spiro atoms. The summed E-state index contributed by atoms with van der Waals surface area (Å²) >= 11 is 0. The highest BCUT2D eigenvalue weighted by Crippen LogP contribution is 2.02. The smallest absolute Gasteiger partial charge is 0.279 e. The highest BCUT2D eigenvalue weighted by atomic mass is 32.2. The Balaban J connectivity index is 2.68. The summed E-state index contributed by atoms with van der Waals surface area (Å²) in [5.41, 5.74) is 0. The standard InChI is InChI=1S/C9H19N5O2S/c1-5-14-7-10-12-9(14)6-11-17(15,16)13(4)8(2)3/h7-8,11H,5-6H2,1-4H3. The fraction of sp³-hybridized carbons (Fsp3) is 0.778. The SMILES string of the molecule is CCn1cnnc1CNS(=O)(=O)N(C)C(C)C.